The molecule has 0 heterocycles. The molecule has 0 aliphatic carbocycles. The Labute approximate surface area is 109 Å². The first-order valence-corrected chi connectivity index (χ1v) is 5.82. The van der Waals surface area contributed by atoms with Crippen LogP contribution in [0.1, 0.15) is 5.56 Å². The Hall–Kier alpha value is -1.09. The van der Waals surface area contributed by atoms with Crippen molar-refractivity contribution < 1.29 is 4.39 Å². The highest BCUT2D eigenvalue weighted by Crippen LogP contribution is 2.35. The molecule has 0 saturated carbocycles. The molecule has 17 heavy (non-hydrogen) atoms. The van der Waals surface area contributed by atoms with E-state index in [9.17, 15) is 4.39 Å². The van der Waals surface area contributed by atoms with Gasteiger partial charge < -0.3 is 5.73 Å². The van der Waals surface area contributed by atoms with Crippen molar-refractivity contribution in [1.82, 2.24) is 0 Å². The van der Waals surface area contributed by atoms with Gasteiger partial charge in [-0.15, -0.1) is 0 Å². The molecule has 0 aromatic heterocycles. The first kappa shape index (κ1) is 12.4. The molecule has 2 aromatic carbocycles. The van der Waals surface area contributed by atoms with Gasteiger partial charge in [-0.05, 0) is 22.8 Å². The van der Waals surface area contributed by atoms with Crippen molar-refractivity contribution in [3.05, 3.63) is 57.8 Å². The van der Waals surface area contributed by atoms with Gasteiger partial charge in [0, 0.05) is 6.54 Å². The average Bonchev–Trinajstić information content (AvgIpc) is 2.36. The van der Waals surface area contributed by atoms with E-state index >= 15 is 0 Å². The molecular formula is C13H10Cl2FN. The van der Waals surface area contributed by atoms with Crippen LogP contribution < -0.4 is 5.73 Å². The molecule has 2 N–H and O–H groups in total. The van der Waals surface area contributed by atoms with Gasteiger partial charge >= 0.3 is 0 Å². The second kappa shape index (κ2) is 5.05. The van der Waals surface area contributed by atoms with E-state index < -0.39 is 5.82 Å². The number of halogens is 3. The normalized spacial score (nSPS) is 10.6. The minimum Gasteiger partial charge on any atom is -0.326 e. The lowest BCUT2D eigenvalue weighted by atomic mass is 9.99. The van der Waals surface area contributed by atoms with E-state index in [1.807, 2.05) is 30.3 Å². The molecule has 0 unspecified atom stereocenters. The zero-order valence-electron chi connectivity index (χ0n) is 8.88. The summed E-state index contributed by atoms with van der Waals surface area (Å²) in [4.78, 5) is 0. The van der Waals surface area contributed by atoms with Gasteiger partial charge in [0.1, 0.15) is 0 Å². The van der Waals surface area contributed by atoms with Gasteiger partial charge in [-0.3, -0.25) is 0 Å². The van der Waals surface area contributed by atoms with E-state index in [0.29, 0.717) is 5.56 Å². The Balaban J connectivity index is 2.70. The standard InChI is InChI=1S/C13H10Cl2FN/c14-11-6-9(8-4-2-1-3-5-8)10(7-17)12(15)13(11)16/h1-6H,7,17H2. The molecule has 2 rings (SSSR count). The van der Waals surface area contributed by atoms with Crippen LogP contribution in [0, 0.1) is 5.82 Å². The molecule has 1 nitrogen and oxygen atoms in total. The largest absolute Gasteiger partial charge is 0.326 e. The summed E-state index contributed by atoms with van der Waals surface area (Å²) < 4.78 is 13.6. The lowest BCUT2D eigenvalue weighted by Gasteiger charge is -2.12. The third-order valence-corrected chi connectivity index (χ3v) is 3.22. The third kappa shape index (κ3) is 2.29. The fraction of sp³-hybridized carbons (Fsp3) is 0.0769. The average molecular weight is 270 g/mol. The van der Waals surface area contributed by atoms with E-state index in [4.69, 9.17) is 28.9 Å². The predicted octanol–water partition coefficient (Wildman–Crippen LogP) is 4.26. The van der Waals surface area contributed by atoms with Gasteiger partial charge in [-0.25, -0.2) is 4.39 Å². The van der Waals surface area contributed by atoms with Gasteiger partial charge in [0.2, 0.25) is 0 Å². The Morgan fingerprint density at radius 1 is 1.12 bits per heavy atom. The summed E-state index contributed by atoms with van der Waals surface area (Å²) in [5.41, 5.74) is 7.86. The third-order valence-electron chi connectivity index (χ3n) is 2.55. The number of benzene rings is 2. The van der Waals surface area contributed by atoms with E-state index in [1.54, 1.807) is 6.07 Å². The summed E-state index contributed by atoms with van der Waals surface area (Å²) in [6.07, 6.45) is 0. The van der Waals surface area contributed by atoms with Crippen molar-refractivity contribution in [3.8, 4) is 11.1 Å². The summed E-state index contributed by atoms with van der Waals surface area (Å²) in [6.45, 7) is 0.164. The van der Waals surface area contributed by atoms with Crippen molar-refractivity contribution in [2.24, 2.45) is 5.73 Å². The fourth-order valence-corrected chi connectivity index (χ4v) is 2.24. The molecule has 0 amide bonds. The van der Waals surface area contributed by atoms with Crippen LogP contribution in [0.5, 0.6) is 0 Å². The van der Waals surface area contributed by atoms with Crippen molar-refractivity contribution >= 4 is 23.2 Å². The molecule has 2 aromatic rings. The highest BCUT2D eigenvalue weighted by Gasteiger charge is 2.15. The van der Waals surface area contributed by atoms with Crippen LogP contribution in [-0.2, 0) is 6.54 Å². The fourth-order valence-electron chi connectivity index (χ4n) is 1.71. The summed E-state index contributed by atoms with van der Waals surface area (Å²) in [5, 5.41) is 0.00454. The van der Waals surface area contributed by atoms with Crippen LogP contribution in [0.15, 0.2) is 36.4 Å². The Morgan fingerprint density at radius 3 is 2.35 bits per heavy atom. The Morgan fingerprint density at radius 2 is 1.76 bits per heavy atom. The van der Waals surface area contributed by atoms with Crippen LogP contribution in [-0.4, -0.2) is 0 Å². The summed E-state index contributed by atoms with van der Waals surface area (Å²) >= 11 is 11.7. The number of rotatable bonds is 2. The van der Waals surface area contributed by atoms with Gasteiger partial charge in [-0.2, -0.15) is 0 Å². The molecule has 0 saturated heterocycles. The predicted molar refractivity (Wildman–Crippen MR) is 69.7 cm³/mol. The topological polar surface area (TPSA) is 26.0 Å². The van der Waals surface area contributed by atoms with E-state index in [0.717, 1.165) is 11.1 Å². The van der Waals surface area contributed by atoms with Crippen LogP contribution >= 0.6 is 23.2 Å². The van der Waals surface area contributed by atoms with Crippen LogP contribution in [0.3, 0.4) is 0 Å². The molecule has 0 aliphatic heterocycles. The first-order valence-electron chi connectivity index (χ1n) is 5.07. The Bertz CT molecular complexity index is 541. The van der Waals surface area contributed by atoms with Gasteiger partial charge in [0.25, 0.3) is 0 Å². The lowest BCUT2D eigenvalue weighted by molar-refractivity contribution is 0.626. The SMILES string of the molecule is NCc1c(-c2ccccc2)cc(Cl)c(F)c1Cl. The lowest BCUT2D eigenvalue weighted by Crippen LogP contribution is -2.02. The minimum absolute atomic E-state index is 0.00106. The van der Waals surface area contributed by atoms with Gasteiger partial charge in [0.05, 0.1) is 10.0 Å². The minimum atomic E-state index is -0.617. The number of nitrogens with two attached hydrogens (primary N) is 1. The van der Waals surface area contributed by atoms with Gasteiger partial charge in [0.15, 0.2) is 5.82 Å². The van der Waals surface area contributed by atoms with Gasteiger partial charge in [-0.1, -0.05) is 53.5 Å². The van der Waals surface area contributed by atoms with Crippen molar-refractivity contribution in [3.63, 3.8) is 0 Å². The monoisotopic (exact) mass is 269 g/mol. The zero-order valence-corrected chi connectivity index (χ0v) is 10.4. The van der Waals surface area contributed by atoms with E-state index in [-0.39, 0.29) is 16.6 Å². The quantitative estimate of drug-likeness (QED) is 0.811. The van der Waals surface area contributed by atoms with Crippen LogP contribution in [0.4, 0.5) is 4.39 Å². The van der Waals surface area contributed by atoms with Crippen molar-refractivity contribution in [1.29, 1.82) is 0 Å². The molecule has 0 bridgehead atoms. The van der Waals surface area contributed by atoms with Crippen molar-refractivity contribution in [2.45, 2.75) is 6.54 Å². The van der Waals surface area contributed by atoms with Crippen LogP contribution in [0.25, 0.3) is 11.1 Å². The Kier molecular flexibility index (Phi) is 3.67. The molecule has 0 spiro atoms. The molecule has 0 atom stereocenters. The van der Waals surface area contributed by atoms with Crippen molar-refractivity contribution in [2.75, 3.05) is 0 Å². The molecule has 0 aliphatic rings. The summed E-state index contributed by atoms with van der Waals surface area (Å²) in [6, 6.07) is 11.0. The highest BCUT2D eigenvalue weighted by molar-refractivity contribution is 6.36. The molecule has 4 heteroatoms. The van der Waals surface area contributed by atoms with E-state index in [1.165, 1.54) is 0 Å². The maximum absolute atomic E-state index is 13.6. The smallest absolute Gasteiger partial charge is 0.160 e. The number of hydrogen-bond donors (Lipinski definition) is 1. The molecule has 0 radical (unpaired) electrons. The second-order valence-corrected chi connectivity index (χ2v) is 4.37. The van der Waals surface area contributed by atoms with Crippen LogP contribution in [0.2, 0.25) is 10.0 Å². The maximum Gasteiger partial charge on any atom is 0.160 e. The highest BCUT2D eigenvalue weighted by atomic mass is 35.5. The zero-order chi connectivity index (χ0) is 12.4. The molecular weight excluding hydrogens is 260 g/mol. The summed E-state index contributed by atoms with van der Waals surface area (Å²) in [5.74, 6) is -0.617. The maximum atomic E-state index is 13.6. The second-order valence-electron chi connectivity index (χ2n) is 3.58. The summed E-state index contributed by atoms with van der Waals surface area (Å²) in [7, 11) is 0. The first-order chi connectivity index (χ1) is 8.15. The molecule has 88 valence electrons. The van der Waals surface area contributed by atoms with E-state index in [2.05, 4.69) is 0 Å². The number of hydrogen-bond acceptors (Lipinski definition) is 1. The molecule has 0 fully saturated rings.